The normalized spacial score (nSPS) is 13.5. The van der Waals surface area contributed by atoms with Gasteiger partial charge in [0, 0.05) is 11.4 Å². The molecule has 2 aromatic carbocycles. The number of rotatable bonds is 4. The number of halogens is 1. The number of nitrogens with one attached hydrogen (secondary N) is 2. The molecule has 0 aromatic heterocycles. The third-order valence-electron chi connectivity index (χ3n) is 4.14. The predicted octanol–water partition coefficient (Wildman–Crippen LogP) is 3.98. The van der Waals surface area contributed by atoms with Crippen LogP contribution in [-0.2, 0) is 15.0 Å². The Hall–Kier alpha value is -2.53. The zero-order chi connectivity index (χ0) is 18.0. The maximum absolute atomic E-state index is 12.5. The van der Waals surface area contributed by atoms with Gasteiger partial charge in [-0.15, -0.1) is 0 Å². The van der Waals surface area contributed by atoms with E-state index >= 15 is 0 Å². The molecule has 0 radical (unpaired) electrons. The largest absolute Gasteiger partial charge is 0.479 e. The molecule has 0 spiro atoms. The van der Waals surface area contributed by atoms with Gasteiger partial charge in [-0.2, -0.15) is 0 Å². The molecule has 3 rings (SSSR count). The fourth-order valence-electron chi connectivity index (χ4n) is 2.81. The smallest absolute Gasteiger partial charge is 0.262 e. The van der Waals surface area contributed by atoms with E-state index in [2.05, 4.69) is 10.6 Å². The lowest BCUT2D eigenvalue weighted by Gasteiger charge is -2.25. The second-order valence-corrected chi connectivity index (χ2v) is 7.07. The Bertz CT molecular complexity index is 816. The molecule has 0 aliphatic carbocycles. The van der Waals surface area contributed by atoms with Crippen LogP contribution in [0.2, 0.25) is 5.02 Å². The zero-order valence-electron chi connectivity index (χ0n) is 14.1. The van der Waals surface area contributed by atoms with Gasteiger partial charge in [0.1, 0.15) is 0 Å². The van der Waals surface area contributed by atoms with Gasteiger partial charge in [-0.1, -0.05) is 43.6 Å². The minimum absolute atomic E-state index is 0.0594. The van der Waals surface area contributed by atoms with Gasteiger partial charge in [0.2, 0.25) is 5.91 Å². The summed E-state index contributed by atoms with van der Waals surface area (Å²) in [5.74, 6) is 0.147. The maximum atomic E-state index is 12.5. The van der Waals surface area contributed by atoms with Gasteiger partial charge in [-0.25, -0.2) is 0 Å². The second kappa shape index (κ2) is 6.76. The van der Waals surface area contributed by atoms with Crippen molar-refractivity contribution in [1.29, 1.82) is 0 Å². The Labute approximate surface area is 151 Å². The highest BCUT2D eigenvalue weighted by Crippen LogP contribution is 2.36. The molecule has 0 bridgehead atoms. The number of ether oxygens (including phenoxy) is 1. The van der Waals surface area contributed by atoms with Gasteiger partial charge < -0.3 is 15.4 Å². The molecule has 0 saturated heterocycles. The zero-order valence-corrected chi connectivity index (χ0v) is 14.8. The molecule has 0 atom stereocenters. The van der Waals surface area contributed by atoms with Crippen molar-refractivity contribution in [3.8, 4) is 5.75 Å². The maximum Gasteiger partial charge on any atom is 0.262 e. The molecule has 130 valence electrons. The van der Waals surface area contributed by atoms with E-state index in [-0.39, 0.29) is 23.8 Å². The summed E-state index contributed by atoms with van der Waals surface area (Å²) in [7, 11) is 0. The van der Waals surface area contributed by atoms with Crippen LogP contribution in [0.5, 0.6) is 5.75 Å². The summed E-state index contributed by atoms with van der Waals surface area (Å²) in [4.78, 5) is 23.9. The molecule has 2 aromatic rings. The van der Waals surface area contributed by atoms with Crippen LogP contribution in [0.1, 0.15) is 25.8 Å². The lowest BCUT2D eigenvalue weighted by atomic mass is 9.81. The monoisotopic (exact) mass is 358 g/mol. The van der Waals surface area contributed by atoms with Crippen molar-refractivity contribution in [3.63, 3.8) is 0 Å². The number of fused-ring (bicyclic) bond motifs is 1. The van der Waals surface area contributed by atoms with Crippen LogP contribution in [-0.4, -0.2) is 18.4 Å². The van der Waals surface area contributed by atoms with Crippen molar-refractivity contribution < 1.29 is 14.3 Å². The molecule has 1 aliphatic heterocycles. The molecule has 6 heteroatoms. The Morgan fingerprint density at radius 2 is 1.96 bits per heavy atom. The van der Waals surface area contributed by atoms with Crippen molar-refractivity contribution in [2.24, 2.45) is 0 Å². The van der Waals surface area contributed by atoms with Crippen molar-refractivity contribution in [2.75, 3.05) is 17.2 Å². The molecule has 0 saturated carbocycles. The number of benzene rings is 2. The van der Waals surface area contributed by atoms with Crippen LogP contribution < -0.4 is 15.4 Å². The Morgan fingerprint density at radius 3 is 2.68 bits per heavy atom. The average Bonchev–Trinajstić information content (AvgIpc) is 2.54. The van der Waals surface area contributed by atoms with Crippen LogP contribution in [0, 0.1) is 0 Å². The minimum Gasteiger partial charge on any atom is -0.479 e. The third kappa shape index (κ3) is 3.94. The Balaban J connectivity index is 1.74. The third-order valence-corrected chi connectivity index (χ3v) is 4.39. The van der Waals surface area contributed by atoms with Crippen LogP contribution in [0.3, 0.4) is 0 Å². The highest BCUT2D eigenvalue weighted by atomic mass is 35.5. The number of hydrogen-bond acceptors (Lipinski definition) is 3. The molecule has 25 heavy (non-hydrogen) atoms. The summed E-state index contributed by atoms with van der Waals surface area (Å²) in [6.07, 6.45) is 0.296. The fourth-order valence-corrected chi connectivity index (χ4v) is 2.94. The van der Waals surface area contributed by atoms with Crippen LogP contribution in [0.15, 0.2) is 42.5 Å². The van der Waals surface area contributed by atoms with Crippen LogP contribution >= 0.6 is 11.6 Å². The fraction of sp³-hybridized carbons (Fsp3) is 0.263. The summed E-state index contributed by atoms with van der Waals surface area (Å²) < 4.78 is 5.45. The van der Waals surface area contributed by atoms with Crippen LogP contribution in [0.4, 0.5) is 11.4 Å². The summed E-state index contributed by atoms with van der Waals surface area (Å²) >= 11 is 5.93. The lowest BCUT2D eigenvalue weighted by molar-refractivity contribution is -0.118. The lowest BCUT2D eigenvalue weighted by Crippen LogP contribution is -2.28. The van der Waals surface area contributed by atoms with Gasteiger partial charge >= 0.3 is 0 Å². The van der Waals surface area contributed by atoms with E-state index in [1.165, 1.54) is 0 Å². The van der Waals surface area contributed by atoms with Crippen molar-refractivity contribution >= 4 is 34.8 Å². The summed E-state index contributed by atoms with van der Waals surface area (Å²) in [5, 5.41) is 6.27. The molecule has 2 N–H and O–H groups in total. The van der Waals surface area contributed by atoms with Gasteiger partial charge in [-0.05, 0) is 35.2 Å². The van der Waals surface area contributed by atoms with Crippen molar-refractivity contribution in [3.05, 3.63) is 53.1 Å². The van der Waals surface area contributed by atoms with E-state index in [0.29, 0.717) is 28.6 Å². The Kier molecular flexibility index (Phi) is 4.68. The molecule has 1 heterocycles. The van der Waals surface area contributed by atoms with Gasteiger partial charge in [0.05, 0.1) is 11.4 Å². The number of amides is 2. The summed E-state index contributed by atoms with van der Waals surface area (Å²) in [5.41, 5.74) is 1.80. The van der Waals surface area contributed by atoms with E-state index in [0.717, 1.165) is 5.56 Å². The number of hydrogen-bond donors (Lipinski definition) is 2. The molecule has 0 unspecified atom stereocenters. The van der Waals surface area contributed by atoms with E-state index in [9.17, 15) is 9.59 Å². The SMILES string of the molecule is CC(C)(CC(=O)Nc1cccc2c1OCC(=O)N2)c1ccc(Cl)cc1. The van der Waals surface area contributed by atoms with Crippen molar-refractivity contribution in [1.82, 2.24) is 0 Å². The molecule has 1 aliphatic rings. The van der Waals surface area contributed by atoms with Gasteiger partial charge in [-0.3, -0.25) is 9.59 Å². The first-order chi connectivity index (χ1) is 11.8. The van der Waals surface area contributed by atoms with Gasteiger partial charge in [0.15, 0.2) is 12.4 Å². The predicted molar refractivity (Wildman–Crippen MR) is 98.3 cm³/mol. The first kappa shape index (κ1) is 17.3. The molecular weight excluding hydrogens is 340 g/mol. The topological polar surface area (TPSA) is 67.4 Å². The minimum atomic E-state index is -0.349. The highest BCUT2D eigenvalue weighted by Gasteiger charge is 2.26. The average molecular weight is 359 g/mol. The number of carbonyl (C=O) groups excluding carboxylic acids is 2. The molecule has 0 fully saturated rings. The standard InChI is InChI=1S/C19H19ClN2O3/c1-19(2,12-6-8-13(20)9-7-12)10-16(23)21-14-4-3-5-15-18(14)25-11-17(24)22-15/h3-9H,10-11H2,1-2H3,(H,21,23)(H,22,24). The summed E-state index contributed by atoms with van der Waals surface area (Å²) in [6, 6.07) is 12.7. The molecule has 5 nitrogen and oxygen atoms in total. The number of para-hydroxylation sites is 1. The Morgan fingerprint density at radius 1 is 1.24 bits per heavy atom. The molecular formula is C19H19ClN2O3. The first-order valence-corrected chi connectivity index (χ1v) is 8.34. The van der Waals surface area contributed by atoms with E-state index in [4.69, 9.17) is 16.3 Å². The second-order valence-electron chi connectivity index (χ2n) is 6.63. The van der Waals surface area contributed by atoms with Crippen LogP contribution in [0.25, 0.3) is 0 Å². The van der Waals surface area contributed by atoms with Gasteiger partial charge in [0.25, 0.3) is 5.91 Å². The summed E-state index contributed by atoms with van der Waals surface area (Å²) in [6.45, 7) is 3.95. The quantitative estimate of drug-likeness (QED) is 0.868. The first-order valence-electron chi connectivity index (χ1n) is 7.97. The van der Waals surface area contributed by atoms with E-state index in [1.54, 1.807) is 18.2 Å². The molecule has 2 amide bonds. The van der Waals surface area contributed by atoms with E-state index in [1.807, 2.05) is 38.1 Å². The number of anilines is 2. The van der Waals surface area contributed by atoms with Crippen molar-refractivity contribution in [2.45, 2.75) is 25.7 Å². The highest BCUT2D eigenvalue weighted by molar-refractivity contribution is 6.30. The number of carbonyl (C=O) groups is 2. The van der Waals surface area contributed by atoms with E-state index < -0.39 is 0 Å².